The molecule has 3 heteroatoms. The molecule has 13 heavy (non-hydrogen) atoms. The Balaban J connectivity index is 2.81. The number of hydrogen-bond acceptors (Lipinski definition) is 1. The Kier molecular flexibility index (Phi) is 0.648. The smallest absolute Gasteiger partial charge is 0.271 e. The van der Waals surface area contributed by atoms with E-state index >= 15 is 0 Å². The van der Waals surface area contributed by atoms with E-state index < -0.39 is 48.3 Å². The van der Waals surface area contributed by atoms with Crippen LogP contribution in [0.4, 0.5) is 0 Å². The number of hydrogen-bond donors (Lipinski definition) is 1. The van der Waals surface area contributed by atoms with E-state index in [0.29, 0.717) is 4.68 Å². The number of para-hydroxylation sites is 1. The molecule has 1 heterocycles. The molecule has 1 aromatic heterocycles. The molecule has 2 rings (SSSR count). The second-order valence-corrected chi connectivity index (χ2v) is 2.32. The molecule has 1 aromatic carbocycles. The average Bonchev–Trinajstić information content (AvgIpc) is 2.77. The summed E-state index contributed by atoms with van der Waals surface area (Å²) < 4.78 is 60.3. The fourth-order valence-electron chi connectivity index (χ4n) is 0.917. The number of nitrogens with one attached hydrogen (secondary N) is 1. The van der Waals surface area contributed by atoms with Gasteiger partial charge in [-0.2, -0.15) is 0 Å². The molecule has 0 unspecified atom stereocenters. The number of H-pyrrole nitrogens is 1. The Hall–Kier alpha value is -1.77. The second-order valence-electron chi connectivity index (χ2n) is 2.32. The Morgan fingerprint density at radius 3 is 2.85 bits per heavy atom. The van der Waals surface area contributed by atoms with Crippen molar-refractivity contribution in [2.75, 3.05) is 0 Å². The van der Waals surface area contributed by atoms with Crippen molar-refractivity contribution in [2.24, 2.45) is 0 Å². The zero-order valence-electron chi connectivity index (χ0n) is 14.4. The van der Waals surface area contributed by atoms with Crippen molar-refractivity contribution >= 4 is 0 Å². The van der Waals surface area contributed by atoms with Crippen molar-refractivity contribution in [3.63, 3.8) is 0 Å². The molecule has 0 aliphatic rings. The standard InChI is InChI=1S/C10H10N2O/c1-8-7-10(13)12(11-8)9-5-3-2-4-6-9/h2-7,11H,1H3/i1D3,2D,3D,4D,5D,6D. The predicted octanol–water partition coefficient (Wildman–Crippen LogP) is 1.47. The van der Waals surface area contributed by atoms with Crippen LogP contribution in [-0.2, 0) is 0 Å². The molecule has 2 aromatic rings. The Labute approximate surface area is 86.9 Å². The predicted molar refractivity (Wildman–Crippen MR) is 51.1 cm³/mol. The van der Waals surface area contributed by atoms with Gasteiger partial charge < -0.3 is 0 Å². The highest BCUT2D eigenvalue weighted by atomic mass is 16.1. The van der Waals surface area contributed by atoms with Crippen LogP contribution < -0.4 is 5.56 Å². The van der Waals surface area contributed by atoms with Gasteiger partial charge in [0.25, 0.3) is 5.56 Å². The molecule has 0 aliphatic carbocycles. The molecule has 3 nitrogen and oxygen atoms in total. The fourth-order valence-corrected chi connectivity index (χ4v) is 0.917. The van der Waals surface area contributed by atoms with Gasteiger partial charge in [0.2, 0.25) is 0 Å². The molecule has 66 valence electrons. The summed E-state index contributed by atoms with van der Waals surface area (Å²) in [5.41, 5.74) is -1.61. The summed E-state index contributed by atoms with van der Waals surface area (Å²) >= 11 is 0. The van der Waals surface area contributed by atoms with Crippen LogP contribution in [-0.4, -0.2) is 9.78 Å². The fraction of sp³-hybridized carbons (Fsp3) is 0.100. The molecule has 0 atom stereocenters. The van der Waals surface area contributed by atoms with Crippen molar-refractivity contribution in [3.8, 4) is 5.69 Å². The first-order valence-corrected chi connectivity index (χ1v) is 3.45. The highest BCUT2D eigenvalue weighted by Crippen LogP contribution is 2.02. The third kappa shape index (κ3) is 1.40. The van der Waals surface area contributed by atoms with Crippen LogP contribution in [0.3, 0.4) is 0 Å². The first kappa shape index (κ1) is 2.87. The minimum Gasteiger partial charge on any atom is -0.295 e. The number of rotatable bonds is 1. The number of nitrogens with zero attached hydrogens (tertiary/aromatic N) is 1. The summed E-state index contributed by atoms with van der Waals surface area (Å²) in [7, 11) is 0. The van der Waals surface area contributed by atoms with Gasteiger partial charge >= 0.3 is 0 Å². The molecule has 1 N–H and O–H groups in total. The molecule has 0 saturated carbocycles. The van der Waals surface area contributed by atoms with E-state index in [1.807, 2.05) is 0 Å². The van der Waals surface area contributed by atoms with Crippen LogP contribution in [0, 0.1) is 6.85 Å². The van der Waals surface area contributed by atoms with Crippen LogP contribution in [0.2, 0.25) is 0 Å². The third-order valence-electron chi connectivity index (χ3n) is 1.43. The van der Waals surface area contributed by atoms with Crippen molar-refractivity contribution in [3.05, 3.63) is 52.3 Å². The molecule has 0 spiro atoms. The van der Waals surface area contributed by atoms with Crippen LogP contribution in [0.1, 0.15) is 16.7 Å². The van der Waals surface area contributed by atoms with Gasteiger partial charge in [-0.15, -0.1) is 0 Å². The van der Waals surface area contributed by atoms with Crippen molar-refractivity contribution in [1.29, 1.82) is 0 Å². The molecule has 0 bridgehead atoms. The number of aryl methyl sites for hydroxylation is 1. The monoisotopic (exact) mass is 182 g/mol. The second kappa shape index (κ2) is 2.94. The minimum atomic E-state index is -2.57. The normalized spacial score (nSPS) is 20.0. The quantitative estimate of drug-likeness (QED) is 0.712. The zero-order valence-corrected chi connectivity index (χ0v) is 6.43. The highest BCUT2D eigenvalue weighted by Gasteiger charge is 1.99. The number of aromatic nitrogens is 2. The van der Waals surface area contributed by atoms with E-state index in [1.165, 1.54) is 0 Å². The largest absolute Gasteiger partial charge is 0.295 e. The lowest BCUT2D eigenvalue weighted by Crippen LogP contribution is -2.12. The third-order valence-corrected chi connectivity index (χ3v) is 1.43. The summed E-state index contributed by atoms with van der Waals surface area (Å²) in [5, 5.41) is 2.27. The zero-order chi connectivity index (χ0) is 16.1. The Bertz CT molecular complexity index is 744. The Morgan fingerprint density at radius 1 is 1.46 bits per heavy atom. The van der Waals surface area contributed by atoms with Crippen LogP contribution in [0.15, 0.2) is 41.1 Å². The van der Waals surface area contributed by atoms with Crippen LogP contribution in [0.25, 0.3) is 5.69 Å². The van der Waals surface area contributed by atoms with Gasteiger partial charge in [0.1, 0.15) is 0 Å². The average molecular weight is 182 g/mol. The lowest BCUT2D eigenvalue weighted by molar-refractivity contribution is 0.835. The van der Waals surface area contributed by atoms with E-state index in [1.54, 1.807) is 0 Å². The van der Waals surface area contributed by atoms with Crippen molar-refractivity contribution < 1.29 is 11.0 Å². The molecule has 0 saturated heterocycles. The molecule has 0 aliphatic heterocycles. The molecule has 0 fully saturated rings. The van der Waals surface area contributed by atoms with E-state index in [0.717, 1.165) is 6.07 Å². The number of benzene rings is 1. The van der Waals surface area contributed by atoms with E-state index in [9.17, 15) is 4.79 Å². The van der Waals surface area contributed by atoms with Gasteiger partial charge in [-0.3, -0.25) is 9.89 Å². The summed E-state index contributed by atoms with van der Waals surface area (Å²) in [4.78, 5) is 11.8. The maximum Gasteiger partial charge on any atom is 0.271 e. The Morgan fingerprint density at radius 2 is 2.23 bits per heavy atom. The summed E-state index contributed by atoms with van der Waals surface area (Å²) in [6, 6.07) is -2.19. The SMILES string of the molecule is [2H]c1c([2H])c([2H])c(-n2[nH]c(C([2H])([2H])[2H])cc2=O)c([2H])c1[2H]. The van der Waals surface area contributed by atoms with Crippen LogP contribution >= 0.6 is 0 Å². The van der Waals surface area contributed by atoms with Gasteiger partial charge in [0, 0.05) is 15.9 Å². The molecule has 0 radical (unpaired) electrons. The lowest BCUT2D eigenvalue weighted by Gasteiger charge is -1.99. The van der Waals surface area contributed by atoms with E-state index in [2.05, 4.69) is 5.10 Å². The molecule has 0 amide bonds. The van der Waals surface area contributed by atoms with E-state index in [4.69, 9.17) is 11.0 Å². The maximum absolute atomic E-state index is 11.8. The topological polar surface area (TPSA) is 37.8 Å². The maximum atomic E-state index is 11.8. The first-order chi connectivity index (χ1) is 9.55. The minimum absolute atomic E-state index is 0.376. The first-order valence-electron chi connectivity index (χ1n) is 7.45. The van der Waals surface area contributed by atoms with Gasteiger partial charge in [0.05, 0.1) is 12.5 Å². The van der Waals surface area contributed by atoms with Gasteiger partial charge in [-0.1, -0.05) is 18.1 Å². The summed E-state index contributed by atoms with van der Waals surface area (Å²) in [5.74, 6) is 0. The molecular weight excluding hydrogens is 164 g/mol. The summed E-state index contributed by atoms with van der Waals surface area (Å²) in [6.45, 7) is -2.57. The molecular formula is C10H10N2O. The van der Waals surface area contributed by atoms with Crippen LogP contribution in [0.5, 0.6) is 0 Å². The highest BCUT2D eigenvalue weighted by molar-refractivity contribution is 5.30. The van der Waals surface area contributed by atoms with Crippen molar-refractivity contribution in [1.82, 2.24) is 9.78 Å². The van der Waals surface area contributed by atoms with Gasteiger partial charge in [0.15, 0.2) is 0 Å². The van der Waals surface area contributed by atoms with Crippen molar-refractivity contribution in [2.45, 2.75) is 6.85 Å². The van der Waals surface area contributed by atoms with Gasteiger partial charge in [-0.05, 0) is 18.9 Å². The number of aromatic amines is 1. The lowest BCUT2D eigenvalue weighted by atomic mass is 10.3. The summed E-state index contributed by atoms with van der Waals surface area (Å²) in [6.07, 6.45) is 0. The van der Waals surface area contributed by atoms with Gasteiger partial charge in [-0.25, -0.2) is 4.68 Å². The van der Waals surface area contributed by atoms with E-state index in [-0.39, 0.29) is 5.69 Å².